The maximum atomic E-state index is 12.9. The number of carbonyl (C=O) groups excluding carboxylic acids is 1. The van der Waals surface area contributed by atoms with E-state index in [2.05, 4.69) is 28.2 Å². The van der Waals surface area contributed by atoms with Crippen LogP contribution < -0.4 is 16.6 Å². The van der Waals surface area contributed by atoms with Gasteiger partial charge in [0.2, 0.25) is 5.91 Å². The molecular weight excluding hydrogens is 398 g/mol. The van der Waals surface area contributed by atoms with Crippen molar-refractivity contribution < 1.29 is 4.79 Å². The van der Waals surface area contributed by atoms with E-state index >= 15 is 0 Å². The van der Waals surface area contributed by atoms with Crippen LogP contribution in [0.5, 0.6) is 0 Å². The molecule has 0 atom stereocenters. The summed E-state index contributed by atoms with van der Waals surface area (Å²) in [4.78, 5) is 38.0. The van der Waals surface area contributed by atoms with Crippen LogP contribution >= 0.6 is 15.9 Å². The van der Waals surface area contributed by atoms with E-state index in [0.717, 1.165) is 28.3 Å². The Balaban J connectivity index is 2.56. The number of nitrogens with zero attached hydrogens (tertiary/aromatic N) is 2. The van der Waals surface area contributed by atoms with Crippen LogP contribution in [0.25, 0.3) is 10.9 Å². The van der Waals surface area contributed by atoms with Crippen LogP contribution in [0.2, 0.25) is 0 Å². The standard InChI is InChI=1S/C19H26BrN3O3/c1-5-6-7-10-22-15-11-13(20)8-9-14(15)17(25)23(18(22)26)12-16(24)21-19(2,3)4/h8-9,11H,5-7,10,12H2,1-4H3,(H,21,24). The van der Waals surface area contributed by atoms with Crippen LogP contribution in [-0.4, -0.2) is 20.6 Å². The van der Waals surface area contributed by atoms with Gasteiger partial charge in [-0.1, -0.05) is 35.7 Å². The van der Waals surface area contributed by atoms with Crippen molar-refractivity contribution in [3.63, 3.8) is 0 Å². The minimum atomic E-state index is -0.444. The molecule has 1 heterocycles. The zero-order chi connectivity index (χ0) is 19.5. The molecule has 0 aliphatic rings. The Morgan fingerprint density at radius 1 is 1.15 bits per heavy atom. The molecule has 1 aromatic heterocycles. The van der Waals surface area contributed by atoms with E-state index in [-0.39, 0.29) is 12.5 Å². The van der Waals surface area contributed by atoms with Crippen molar-refractivity contribution in [1.82, 2.24) is 14.5 Å². The molecule has 0 aliphatic heterocycles. The summed E-state index contributed by atoms with van der Waals surface area (Å²) in [5, 5.41) is 3.23. The van der Waals surface area contributed by atoms with Gasteiger partial charge in [-0.05, 0) is 45.4 Å². The van der Waals surface area contributed by atoms with E-state index in [1.165, 1.54) is 0 Å². The molecule has 26 heavy (non-hydrogen) atoms. The van der Waals surface area contributed by atoms with E-state index in [1.54, 1.807) is 22.8 Å². The van der Waals surface area contributed by atoms with Crippen molar-refractivity contribution in [2.45, 2.75) is 65.6 Å². The maximum Gasteiger partial charge on any atom is 0.331 e. The van der Waals surface area contributed by atoms with E-state index < -0.39 is 16.8 Å². The maximum absolute atomic E-state index is 12.9. The molecule has 1 aromatic carbocycles. The Morgan fingerprint density at radius 2 is 1.85 bits per heavy atom. The van der Waals surface area contributed by atoms with Crippen molar-refractivity contribution in [2.75, 3.05) is 0 Å². The number of hydrogen-bond donors (Lipinski definition) is 1. The summed E-state index contributed by atoms with van der Waals surface area (Å²) in [6.45, 7) is 7.89. The topological polar surface area (TPSA) is 73.1 Å². The fourth-order valence-electron chi connectivity index (χ4n) is 2.87. The molecule has 0 radical (unpaired) electrons. The highest BCUT2D eigenvalue weighted by Gasteiger charge is 2.18. The molecule has 0 saturated carbocycles. The fourth-order valence-corrected chi connectivity index (χ4v) is 3.22. The number of fused-ring (bicyclic) bond motifs is 1. The SMILES string of the molecule is CCCCCn1c(=O)n(CC(=O)NC(C)(C)C)c(=O)c2ccc(Br)cc21. The second kappa shape index (κ2) is 8.20. The largest absolute Gasteiger partial charge is 0.350 e. The van der Waals surface area contributed by atoms with Gasteiger partial charge in [0.25, 0.3) is 5.56 Å². The van der Waals surface area contributed by atoms with E-state index in [0.29, 0.717) is 17.4 Å². The van der Waals surface area contributed by atoms with Crippen LogP contribution in [0.3, 0.4) is 0 Å². The van der Waals surface area contributed by atoms with Crippen LogP contribution in [0.4, 0.5) is 0 Å². The molecule has 0 unspecified atom stereocenters. The third kappa shape index (κ3) is 4.84. The monoisotopic (exact) mass is 423 g/mol. The Kier molecular flexibility index (Phi) is 6.44. The quantitative estimate of drug-likeness (QED) is 0.725. The molecule has 6 nitrogen and oxygen atoms in total. The summed E-state index contributed by atoms with van der Waals surface area (Å²) >= 11 is 3.40. The molecule has 0 aliphatic carbocycles. The lowest BCUT2D eigenvalue weighted by atomic mass is 10.1. The zero-order valence-corrected chi connectivity index (χ0v) is 17.4. The molecule has 2 rings (SSSR count). The summed E-state index contributed by atoms with van der Waals surface area (Å²) in [6.07, 6.45) is 2.86. The number of benzene rings is 1. The summed E-state index contributed by atoms with van der Waals surface area (Å²) in [5.41, 5.74) is -0.713. The number of hydrogen-bond acceptors (Lipinski definition) is 3. The Morgan fingerprint density at radius 3 is 2.46 bits per heavy atom. The van der Waals surface area contributed by atoms with Crippen molar-refractivity contribution in [1.29, 1.82) is 0 Å². The number of amides is 1. The highest BCUT2D eigenvalue weighted by Crippen LogP contribution is 2.17. The number of nitrogens with one attached hydrogen (secondary N) is 1. The van der Waals surface area contributed by atoms with E-state index in [9.17, 15) is 14.4 Å². The molecule has 0 spiro atoms. The number of halogens is 1. The molecule has 1 amide bonds. The van der Waals surface area contributed by atoms with Gasteiger partial charge in [-0.2, -0.15) is 0 Å². The first-order valence-electron chi connectivity index (χ1n) is 8.88. The summed E-state index contributed by atoms with van der Waals surface area (Å²) in [7, 11) is 0. The normalized spacial score (nSPS) is 11.7. The Bertz CT molecular complexity index is 922. The predicted molar refractivity (Wildman–Crippen MR) is 108 cm³/mol. The van der Waals surface area contributed by atoms with Gasteiger partial charge >= 0.3 is 5.69 Å². The molecule has 1 N–H and O–H groups in total. The molecule has 2 aromatic rings. The molecule has 0 bridgehead atoms. The lowest BCUT2D eigenvalue weighted by Gasteiger charge is -2.21. The van der Waals surface area contributed by atoms with Gasteiger partial charge in [-0.15, -0.1) is 0 Å². The van der Waals surface area contributed by atoms with Crippen molar-refractivity contribution in [3.8, 4) is 0 Å². The smallest absolute Gasteiger partial charge is 0.331 e. The zero-order valence-electron chi connectivity index (χ0n) is 15.8. The van der Waals surface area contributed by atoms with Crippen LogP contribution in [0, 0.1) is 0 Å². The molecule has 142 valence electrons. The van der Waals surface area contributed by atoms with Crippen LogP contribution in [-0.2, 0) is 17.9 Å². The van der Waals surface area contributed by atoms with Crippen molar-refractivity contribution >= 4 is 32.7 Å². The van der Waals surface area contributed by atoms with E-state index in [4.69, 9.17) is 0 Å². The molecular formula is C19H26BrN3O3. The van der Waals surface area contributed by atoms with Gasteiger partial charge in [0.15, 0.2) is 0 Å². The highest BCUT2D eigenvalue weighted by atomic mass is 79.9. The lowest BCUT2D eigenvalue weighted by Crippen LogP contribution is -2.47. The van der Waals surface area contributed by atoms with Crippen molar-refractivity contribution in [2.24, 2.45) is 0 Å². The third-order valence-electron chi connectivity index (χ3n) is 3.99. The first-order valence-corrected chi connectivity index (χ1v) is 9.67. The minimum Gasteiger partial charge on any atom is -0.350 e. The lowest BCUT2D eigenvalue weighted by molar-refractivity contribution is -0.123. The van der Waals surface area contributed by atoms with Crippen molar-refractivity contribution in [3.05, 3.63) is 43.5 Å². The second-order valence-electron chi connectivity index (χ2n) is 7.49. The van der Waals surface area contributed by atoms with Gasteiger partial charge in [0.05, 0.1) is 10.9 Å². The van der Waals surface area contributed by atoms with Gasteiger partial charge in [0.1, 0.15) is 6.54 Å². The van der Waals surface area contributed by atoms with Gasteiger partial charge in [-0.3, -0.25) is 18.7 Å². The van der Waals surface area contributed by atoms with Crippen LogP contribution in [0.15, 0.2) is 32.3 Å². The number of aryl methyl sites for hydroxylation is 1. The molecule has 0 fully saturated rings. The number of aromatic nitrogens is 2. The first kappa shape index (κ1) is 20.4. The third-order valence-corrected chi connectivity index (χ3v) is 4.48. The number of carbonyl (C=O) groups is 1. The number of unbranched alkanes of at least 4 members (excludes halogenated alkanes) is 2. The minimum absolute atomic E-state index is 0.283. The predicted octanol–water partition coefficient (Wildman–Crippen LogP) is 3.03. The summed E-state index contributed by atoms with van der Waals surface area (Å²) in [6, 6.07) is 5.24. The fraction of sp³-hybridized carbons (Fsp3) is 0.526. The van der Waals surface area contributed by atoms with Gasteiger partial charge in [0, 0.05) is 16.6 Å². The average Bonchev–Trinajstić information content (AvgIpc) is 2.53. The highest BCUT2D eigenvalue weighted by molar-refractivity contribution is 9.10. The Hall–Kier alpha value is -1.89. The first-order chi connectivity index (χ1) is 12.1. The Labute approximate surface area is 161 Å². The average molecular weight is 424 g/mol. The summed E-state index contributed by atoms with van der Waals surface area (Å²) < 4.78 is 3.43. The summed E-state index contributed by atoms with van der Waals surface area (Å²) in [5.74, 6) is -0.353. The van der Waals surface area contributed by atoms with Crippen LogP contribution in [0.1, 0.15) is 47.0 Å². The molecule has 0 saturated heterocycles. The van der Waals surface area contributed by atoms with E-state index in [1.807, 2.05) is 20.8 Å². The molecule has 7 heteroatoms. The number of rotatable bonds is 6. The van der Waals surface area contributed by atoms with Gasteiger partial charge < -0.3 is 5.32 Å². The van der Waals surface area contributed by atoms with Gasteiger partial charge in [-0.25, -0.2) is 4.79 Å². The second-order valence-corrected chi connectivity index (χ2v) is 8.41.